The van der Waals surface area contributed by atoms with Crippen LogP contribution >= 0.6 is 12.4 Å². The number of nitrogens with one attached hydrogen (secondary N) is 1. The number of amides is 1. The molecule has 0 saturated carbocycles. The van der Waals surface area contributed by atoms with E-state index in [1.807, 2.05) is 31.2 Å². The van der Waals surface area contributed by atoms with Crippen molar-refractivity contribution >= 4 is 29.3 Å². The first-order valence-corrected chi connectivity index (χ1v) is 7.83. The Kier molecular flexibility index (Phi) is 7.85. The molecule has 0 unspecified atom stereocenters. The Balaban J connectivity index is 0.00000264. The third-order valence-electron chi connectivity index (χ3n) is 3.64. The Bertz CT molecular complexity index is 693. The van der Waals surface area contributed by atoms with Crippen LogP contribution in [0.15, 0.2) is 29.1 Å². The Labute approximate surface area is 142 Å². The number of para-hydroxylation sites is 2. The summed E-state index contributed by atoms with van der Waals surface area (Å²) in [6, 6.07) is 7.72. The van der Waals surface area contributed by atoms with E-state index in [0.29, 0.717) is 32.6 Å². The summed E-state index contributed by atoms with van der Waals surface area (Å²) < 4.78 is 3.47. The fourth-order valence-electron chi connectivity index (χ4n) is 2.56. The fourth-order valence-corrected chi connectivity index (χ4v) is 2.56. The van der Waals surface area contributed by atoms with Gasteiger partial charge in [0.1, 0.15) is 0 Å². The molecule has 1 aromatic carbocycles. The Morgan fingerprint density at radius 1 is 1.17 bits per heavy atom. The van der Waals surface area contributed by atoms with Gasteiger partial charge in [0.05, 0.1) is 11.0 Å². The molecule has 0 aliphatic heterocycles. The first kappa shape index (κ1) is 19.3. The topological polar surface area (TPSA) is 82.0 Å². The molecule has 0 atom stereocenters. The predicted octanol–water partition coefficient (Wildman–Crippen LogP) is 1.49. The summed E-state index contributed by atoms with van der Waals surface area (Å²) in [7, 11) is 0. The van der Waals surface area contributed by atoms with Gasteiger partial charge >= 0.3 is 5.69 Å². The largest absolute Gasteiger partial charge is 0.356 e. The van der Waals surface area contributed by atoms with Gasteiger partial charge in [-0.15, -0.1) is 12.4 Å². The molecule has 0 radical (unpaired) electrons. The first-order chi connectivity index (χ1) is 10.7. The third kappa shape index (κ3) is 4.59. The number of aryl methyl sites for hydroxylation is 2. The Morgan fingerprint density at radius 3 is 2.35 bits per heavy atom. The van der Waals surface area contributed by atoms with Crippen molar-refractivity contribution in [2.45, 2.75) is 39.3 Å². The number of hydrogen-bond acceptors (Lipinski definition) is 3. The van der Waals surface area contributed by atoms with Gasteiger partial charge in [0, 0.05) is 26.1 Å². The van der Waals surface area contributed by atoms with Gasteiger partial charge < -0.3 is 11.1 Å². The zero-order chi connectivity index (χ0) is 15.9. The molecule has 23 heavy (non-hydrogen) atoms. The van der Waals surface area contributed by atoms with Crippen molar-refractivity contribution in [3.05, 3.63) is 34.7 Å². The van der Waals surface area contributed by atoms with E-state index in [-0.39, 0.29) is 24.0 Å². The van der Waals surface area contributed by atoms with Crippen molar-refractivity contribution in [1.82, 2.24) is 14.5 Å². The van der Waals surface area contributed by atoms with Gasteiger partial charge in [-0.1, -0.05) is 19.1 Å². The number of aromatic nitrogens is 2. The molecule has 2 aromatic rings. The molecule has 128 valence electrons. The van der Waals surface area contributed by atoms with Crippen molar-refractivity contribution in [2.75, 3.05) is 13.1 Å². The predicted molar refractivity (Wildman–Crippen MR) is 95.0 cm³/mol. The third-order valence-corrected chi connectivity index (χ3v) is 3.64. The summed E-state index contributed by atoms with van der Waals surface area (Å²) in [4.78, 5) is 24.3. The minimum Gasteiger partial charge on any atom is -0.356 e. The maximum absolute atomic E-state index is 12.5. The number of hydrogen-bond donors (Lipinski definition) is 2. The average molecular weight is 341 g/mol. The maximum Gasteiger partial charge on any atom is 0.329 e. The lowest BCUT2D eigenvalue weighted by Crippen LogP contribution is -2.29. The molecule has 0 aliphatic rings. The molecule has 0 saturated heterocycles. The molecule has 7 heteroatoms. The number of fused-ring (bicyclic) bond motifs is 1. The Morgan fingerprint density at radius 2 is 1.78 bits per heavy atom. The summed E-state index contributed by atoms with van der Waals surface area (Å²) in [6.07, 6.45) is 1.96. The van der Waals surface area contributed by atoms with E-state index in [0.717, 1.165) is 23.9 Å². The molecule has 2 rings (SSSR count). The van der Waals surface area contributed by atoms with E-state index >= 15 is 0 Å². The highest BCUT2D eigenvalue weighted by atomic mass is 35.5. The number of nitrogens with zero attached hydrogens (tertiary/aromatic N) is 2. The molecular formula is C16H25ClN4O2. The van der Waals surface area contributed by atoms with E-state index in [1.165, 1.54) is 0 Å². The molecule has 3 N–H and O–H groups in total. The normalized spacial score (nSPS) is 10.5. The van der Waals surface area contributed by atoms with Crippen LogP contribution in [0.2, 0.25) is 0 Å². The number of benzene rings is 1. The summed E-state index contributed by atoms with van der Waals surface area (Å²) in [6.45, 7) is 4.27. The summed E-state index contributed by atoms with van der Waals surface area (Å²) in [5.41, 5.74) is 7.16. The number of rotatable bonds is 8. The standard InChI is InChI=1S/C16H24N4O2.ClH/c1-2-11-19-13-6-3-4-7-14(13)20(16(19)22)12-8-15(21)18-10-5-9-17;/h3-4,6-7H,2,5,8-12,17H2,1H3,(H,18,21);1H. The van der Waals surface area contributed by atoms with E-state index in [2.05, 4.69) is 5.32 Å². The average Bonchev–Trinajstić information content (AvgIpc) is 2.79. The minimum absolute atomic E-state index is 0. The van der Waals surface area contributed by atoms with Gasteiger partial charge in [-0.2, -0.15) is 0 Å². The molecule has 0 bridgehead atoms. The van der Waals surface area contributed by atoms with E-state index in [9.17, 15) is 9.59 Å². The van der Waals surface area contributed by atoms with Crippen LogP contribution in [-0.2, 0) is 17.9 Å². The second-order valence-electron chi connectivity index (χ2n) is 5.32. The van der Waals surface area contributed by atoms with Crippen molar-refractivity contribution in [3.8, 4) is 0 Å². The van der Waals surface area contributed by atoms with Crippen LogP contribution in [0, 0.1) is 0 Å². The van der Waals surface area contributed by atoms with Gasteiger partial charge in [0.15, 0.2) is 0 Å². The highest BCUT2D eigenvalue weighted by Crippen LogP contribution is 2.13. The number of imidazole rings is 1. The summed E-state index contributed by atoms with van der Waals surface area (Å²) >= 11 is 0. The molecule has 6 nitrogen and oxygen atoms in total. The maximum atomic E-state index is 12.5. The SMILES string of the molecule is CCCn1c(=O)n(CCC(=O)NCCCN)c2ccccc21.Cl. The summed E-state index contributed by atoms with van der Waals surface area (Å²) in [5.74, 6) is -0.0485. The van der Waals surface area contributed by atoms with Crippen molar-refractivity contribution in [1.29, 1.82) is 0 Å². The first-order valence-electron chi connectivity index (χ1n) is 7.83. The van der Waals surface area contributed by atoms with Crippen molar-refractivity contribution in [3.63, 3.8) is 0 Å². The second kappa shape index (κ2) is 9.37. The van der Waals surface area contributed by atoms with Crippen molar-refractivity contribution in [2.24, 2.45) is 5.73 Å². The quantitative estimate of drug-likeness (QED) is 0.714. The van der Waals surface area contributed by atoms with Crippen LogP contribution < -0.4 is 16.7 Å². The van der Waals surface area contributed by atoms with Crippen LogP contribution in [0.1, 0.15) is 26.2 Å². The highest BCUT2D eigenvalue weighted by molar-refractivity contribution is 5.85. The molecule has 0 aliphatic carbocycles. The van der Waals surface area contributed by atoms with Crippen molar-refractivity contribution < 1.29 is 4.79 Å². The Hall–Kier alpha value is -1.79. The van der Waals surface area contributed by atoms with Crippen LogP contribution in [-0.4, -0.2) is 28.1 Å². The number of halogens is 1. The van der Waals surface area contributed by atoms with Gasteiger partial charge in [-0.25, -0.2) is 4.79 Å². The lowest BCUT2D eigenvalue weighted by molar-refractivity contribution is -0.121. The highest BCUT2D eigenvalue weighted by Gasteiger charge is 2.12. The zero-order valence-electron chi connectivity index (χ0n) is 13.5. The lowest BCUT2D eigenvalue weighted by atomic mass is 10.3. The van der Waals surface area contributed by atoms with Gasteiger partial charge in [0.25, 0.3) is 0 Å². The van der Waals surface area contributed by atoms with Crippen LogP contribution in [0.3, 0.4) is 0 Å². The zero-order valence-corrected chi connectivity index (χ0v) is 14.3. The van der Waals surface area contributed by atoms with Gasteiger partial charge in [0.2, 0.25) is 5.91 Å². The second-order valence-corrected chi connectivity index (χ2v) is 5.32. The number of carbonyl (C=O) groups excluding carboxylic acids is 1. The number of nitrogens with two attached hydrogens (primary N) is 1. The molecule has 0 fully saturated rings. The van der Waals surface area contributed by atoms with E-state index < -0.39 is 0 Å². The molecular weight excluding hydrogens is 316 g/mol. The molecule has 1 heterocycles. The van der Waals surface area contributed by atoms with Gasteiger partial charge in [-0.05, 0) is 31.5 Å². The molecule has 1 amide bonds. The smallest absolute Gasteiger partial charge is 0.329 e. The van der Waals surface area contributed by atoms with Gasteiger partial charge in [-0.3, -0.25) is 13.9 Å². The van der Waals surface area contributed by atoms with Crippen LogP contribution in [0.5, 0.6) is 0 Å². The number of carbonyl (C=O) groups is 1. The lowest BCUT2D eigenvalue weighted by Gasteiger charge is -2.05. The monoisotopic (exact) mass is 340 g/mol. The van der Waals surface area contributed by atoms with Crippen LogP contribution in [0.4, 0.5) is 0 Å². The van der Waals surface area contributed by atoms with E-state index in [4.69, 9.17) is 5.73 Å². The summed E-state index contributed by atoms with van der Waals surface area (Å²) in [5, 5.41) is 2.81. The molecule has 0 spiro atoms. The van der Waals surface area contributed by atoms with E-state index in [1.54, 1.807) is 9.13 Å². The molecule has 1 aromatic heterocycles. The fraction of sp³-hybridized carbons (Fsp3) is 0.500. The van der Waals surface area contributed by atoms with Crippen LogP contribution in [0.25, 0.3) is 11.0 Å². The minimum atomic E-state index is -0.0485.